The summed E-state index contributed by atoms with van der Waals surface area (Å²) in [5.41, 5.74) is -0.406. The molecule has 128 valence electrons. The third kappa shape index (κ3) is 5.13. The summed E-state index contributed by atoms with van der Waals surface area (Å²) in [5.74, 6) is 0. The standard InChI is InChI=1S/C16H21F3N2O2/c1-2-6-20-7-9-21(10-8-20)15(22)23-12-13-4-3-5-14(11-13)16(17,18)19/h3-5,11H,2,6-10,12H2,1H3. The van der Waals surface area contributed by atoms with Crippen LogP contribution in [0, 0.1) is 0 Å². The number of amides is 1. The molecule has 2 rings (SSSR count). The molecule has 1 aromatic carbocycles. The average Bonchev–Trinajstić information content (AvgIpc) is 2.53. The molecule has 1 heterocycles. The van der Waals surface area contributed by atoms with Crippen LogP contribution in [0.3, 0.4) is 0 Å². The molecule has 1 fully saturated rings. The van der Waals surface area contributed by atoms with Crippen LogP contribution < -0.4 is 0 Å². The van der Waals surface area contributed by atoms with Crippen LogP contribution in [0.2, 0.25) is 0 Å². The van der Waals surface area contributed by atoms with Crippen molar-refractivity contribution in [2.45, 2.75) is 26.1 Å². The van der Waals surface area contributed by atoms with Gasteiger partial charge in [0.05, 0.1) is 5.56 Å². The molecule has 7 heteroatoms. The maximum absolute atomic E-state index is 12.6. The molecule has 0 aliphatic carbocycles. The van der Waals surface area contributed by atoms with Crippen molar-refractivity contribution in [2.24, 2.45) is 0 Å². The SMILES string of the molecule is CCCN1CCN(C(=O)OCc2cccc(C(F)(F)F)c2)CC1. The Kier molecular flexibility index (Phi) is 5.87. The topological polar surface area (TPSA) is 32.8 Å². The third-order valence-corrected chi connectivity index (χ3v) is 3.79. The van der Waals surface area contributed by atoms with E-state index in [9.17, 15) is 18.0 Å². The maximum Gasteiger partial charge on any atom is 0.416 e. The highest BCUT2D eigenvalue weighted by Crippen LogP contribution is 2.29. The second-order valence-electron chi connectivity index (χ2n) is 5.58. The van der Waals surface area contributed by atoms with Gasteiger partial charge in [-0.05, 0) is 30.7 Å². The average molecular weight is 330 g/mol. The monoisotopic (exact) mass is 330 g/mol. The zero-order valence-electron chi connectivity index (χ0n) is 13.1. The predicted molar refractivity (Wildman–Crippen MR) is 79.9 cm³/mol. The van der Waals surface area contributed by atoms with E-state index in [1.807, 2.05) is 0 Å². The summed E-state index contributed by atoms with van der Waals surface area (Å²) < 4.78 is 43.0. The molecule has 0 bridgehead atoms. The Morgan fingerprint density at radius 3 is 2.52 bits per heavy atom. The summed E-state index contributed by atoms with van der Waals surface area (Å²) in [6, 6.07) is 4.84. The van der Waals surface area contributed by atoms with E-state index in [0.717, 1.165) is 38.2 Å². The molecule has 1 aromatic rings. The van der Waals surface area contributed by atoms with E-state index < -0.39 is 17.8 Å². The normalized spacial score (nSPS) is 16.4. The number of rotatable bonds is 4. The molecule has 4 nitrogen and oxygen atoms in total. The summed E-state index contributed by atoms with van der Waals surface area (Å²) in [6.07, 6.45) is -3.80. The highest BCUT2D eigenvalue weighted by molar-refractivity contribution is 5.67. The Bertz CT molecular complexity index is 526. The minimum Gasteiger partial charge on any atom is -0.445 e. The van der Waals surface area contributed by atoms with Crippen molar-refractivity contribution in [2.75, 3.05) is 32.7 Å². The Hall–Kier alpha value is -1.76. The number of hydrogen-bond acceptors (Lipinski definition) is 3. The summed E-state index contributed by atoms with van der Waals surface area (Å²) in [5, 5.41) is 0. The fraction of sp³-hybridized carbons (Fsp3) is 0.562. The van der Waals surface area contributed by atoms with Gasteiger partial charge in [0.25, 0.3) is 0 Å². The number of alkyl halides is 3. The first-order valence-electron chi connectivity index (χ1n) is 7.70. The van der Waals surface area contributed by atoms with E-state index >= 15 is 0 Å². The number of ether oxygens (including phenoxy) is 1. The fourth-order valence-electron chi connectivity index (χ4n) is 2.54. The first-order chi connectivity index (χ1) is 10.9. The molecule has 1 aliphatic heterocycles. The van der Waals surface area contributed by atoms with Crippen molar-refractivity contribution in [3.8, 4) is 0 Å². The molecular weight excluding hydrogens is 309 g/mol. The van der Waals surface area contributed by atoms with Gasteiger partial charge in [-0.15, -0.1) is 0 Å². The van der Waals surface area contributed by atoms with Crippen LogP contribution in [-0.4, -0.2) is 48.6 Å². The second kappa shape index (κ2) is 7.68. The lowest BCUT2D eigenvalue weighted by Gasteiger charge is -2.33. The first kappa shape index (κ1) is 17.6. The first-order valence-corrected chi connectivity index (χ1v) is 7.70. The number of carbonyl (C=O) groups excluding carboxylic acids is 1. The molecule has 0 saturated carbocycles. The van der Waals surface area contributed by atoms with Crippen molar-refractivity contribution in [1.82, 2.24) is 9.80 Å². The lowest BCUT2D eigenvalue weighted by molar-refractivity contribution is -0.137. The largest absolute Gasteiger partial charge is 0.445 e. The van der Waals surface area contributed by atoms with Crippen LogP contribution in [0.1, 0.15) is 24.5 Å². The molecule has 0 spiro atoms. The number of carbonyl (C=O) groups is 1. The van der Waals surface area contributed by atoms with E-state index in [1.54, 1.807) is 4.90 Å². The van der Waals surface area contributed by atoms with Crippen LogP contribution in [0.15, 0.2) is 24.3 Å². The number of benzene rings is 1. The molecule has 0 unspecified atom stereocenters. The minimum atomic E-state index is -4.39. The zero-order chi connectivity index (χ0) is 16.9. The molecule has 23 heavy (non-hydrogen) atoms. The summed E-state index contributed by atoms with van der Waals surface area (Å²) in [7, 11) is 0. The van der Waals surface area contributed by atoms with Gasteiger partial charge < -0.3 is 9.64 Å². The maximum atomic E-state index is 12.6. The van der Waals surface area contributed by atoms with Crippen molar-refractivity contribution in [1.29, 1.82) is 0 Å². The lowest BCUT2D eigenvalue weighted by Crippen LogP contribution is -2.48. The van der Waals surface area contributed by atoms with Crippen molar-refractivity contribution < 1.29 is 22.7 Å². The van der Waals surface area contributed by atoms with Gasteiger partial charge in [-0.1, -0.05) is 19.1 Å². The predicted octanol–water partition coefficient (Wildman–Crippen LogP) is 3.37. The summed E-state index contributed by atoms with van der Waals surface area (Å²) in [6.45, 7) is 5.72. The molecule has 1 aliphatic rings. The summed E-state index contributed by atoms with van der Waals surface area (Å²) >= 11 is 0. The van der Waals surface area contributed by atoms with Crippen molar-refractivity contribution in [3.05, 3.63) is 35.4 Å². The zero-order valence-corrected chi connectivity index (χ0v) is 13.1. The van der Waals surface area contributed by atoms with Gasteiger partial charge in [-0.3, -0.25) is 4.90 Å². The fourth-order valence-corrected chi connectivity index (χ4v) is 2.54. The van der Waals surface area contributed by atoms with E-state index in [0.29, 0.717) is 18.7 Å². The van der Waals surface area contributed by atoms with E-state index in [1.165, 1.54) is 12.1 Å². The minimum absolute atomic E-state index is 0.155. The van der Waals surface area contributed by atoms with Gasteiger partial charge in [0.15, 0.2) is 0 Å². The van der Waals surface area contributed by atoms with Crippen molar-refractivity contribution >= 4 is 6.09 Å². The van der Waals surface area contributed by atoms with Gasteiger partial charge in [-0.25, -0.2) is 4.79 Å². The molecule has 1 amide bonds. The molecular formula is C16H21F3N2O2. The van der Waals surface area contributed by atoms with Crippen LogP contribution in [0.4, 0.5) is 18.0 Å². The molecule has 0 aromatic heterocycles. The lowest BCUT2D eigenvalue weighted by atomic mass is 10.1. The van der Waals surface area contributed by atoms with E-state index in [-0.39, 0.29) is 6.61 Å². The quantitative estimate of drug-likeness (QED) is 0.848. The number of nitrogens with zero attached hydrogens (tertiary/aromatic N) is 2. The molecule has 0 radical (unpaired) electrons. The van der Waals surface area contributed by atoms with Crippen LogP contribution in [-0.2, 0) is 17.5 Å². The Labute approximate surface area is 133 Å². The number of piperazine rings is 1. The highest BCUT2D eigenvalue weighted by Gasteiger charge is 2.30. The third-order valence-electron chi connectivity index (χ3n) is 3.79. The Balaban J connectivity index is 1.83. The second-order valence-corrected chi connectivity index (χ2v) is 5.58. The van der Waals surface area contributed by atoms with Gasteiger partial charge in [0.1, 0.15) is 6.61 Å². The van der Waals surface area contributed by atoms with E-state index in [2.05, 4.69) is 11.8 Å². The molecule has 1 saturated heterocycles. The molecule has 0 atom stereocenters. The van der Waals surface area contributed by atoms with Crippen LogP contribution in [0.5, 0.6) is 0 Å². The van der Waals surface area contributed by atoms with Crippen LogP contribution in [0.25, 0.3) is 0 Å². The van der Waals surface area contributed by atoms with Crippen LogP contribution >= 0.6 is 0 Å². The van der Waals surface area contributed by atoms with Gasteiger partial charge in [-0.2, -0.15) is 13.2 Å². The summed E-state index contributed by atoms with van der Waals surface area (Å²) in [4.78, 5) is 15.9. The van der Waals surface area contributed by atoms with Gasteiger partial charge in [0.2, 0.25) is 0 Å². The highest BCUT2D eigenvalue weighted by atomic mass is 19.4. The van der Waals surface area contributed by atoms with Crippen molar-refractivity contribution in [3.63, 3.8) is 0 Å². The Morgan fingerprint density at radius 2 is 1.91 bits per heavy atom. The molecule has 0 N–H and O–H groups in total. The van der Waals surface area contributed by atoms with Gasteiger partial charge in [0, 0.05) is 26.2 Å². The number of hydrogen-bond donors (Lipinski definition) is 0. The van der Waals surface area contributed by atoms with E-state index in [4.69, 9.17) is 4.74 Å². The van der Waals surface area contributed by atoms with Gasteiger partial charge >= 0.3 is 12.3 Å². The number of halogens is 3. The smallest absolute Gasteiger partial charge is 0.416 e. The Morgan fingerprint density at radius 1 is 1.22 bits per heavy atom.